The van der Waals surface area contributed by atoms with Gasteiger partial charge in [0, 0.05) is 18.2 Å². The molecule has 0 atom stereocenters. The summed E-state index contributed by atoms with van der Waals surface area (Å²) in [6.07, 6.45) is 3.12. The van der Waals surface area contributed by atoms with E-state index in [0.717, 1.165) is 12.8 Å². The quantitative estimate of drug-likeness (QED) is 0.598. The van der Waals surface area contributed by atoms with E-state index in [0.29, 0.717) is 0 Å². The van der Waals surface area contributed by atoms with Gasteiger partial charge in [0.05, 0.1) is 4.92 Å². The fraction of sp³-hybridized carbons (Fsp3) is 0.333. The van der Waals surface area contributed by atoms with Gasteiger partial charge in [-0.15, -0.1) is 0 Å². The van der Waals surface area contributed by atoms with E-state index in [2.05, 4.69) is 10.3 Å². The van der Waals surface area contributed by atoms with Gasteiger partial charge in [0.2, 0.25) is 11.7 Å². The molecule has 0 aromatic carbocycles. The molecule has 0 bridgehead atoms. The Balaban J connectivity index is 2.19. The standard InChI is InChI=1S/C9H9N3O3/c13-9(6-3-4-6)11-8-7(12(14)15)2-1-5-10-8/h1-2,5-6H,3-4H2,(H,10,11,13). The average molecular weight is 207 g/mol. The van der Waals surface area contributed by atoms with E-state index in [1.165, 1.54) is 18.3 Å². The summed E-state index contributed by atoms with van der Waals surface area (Å²) in [5.74, 6) is -0.150. The topological polar surface area (TPSA) is 85.1 Å². The van der Waals surface area contributed by atoms with Gasteiger partial charge in [0.1, 0.15) is 0 Å². The number of rotatable bonds is 3. The Kier molecular flexibility index (Phi) is 2.32. The second-order valence-electron chi connectivity index (χ2n) is 3.39. The second-order valence-corrected chi connectivity index (χ2v) is 3.39. The first kappa shape index (κ1) is 9.57. The molecule has 1 aliphatic carbocycles. The monoisotopic (exact) mass is 207 g/mol. The van der Waals surface area contributed by atoms with Crippen LogP contribution in [-0.4, -0.2) is 15.8 Å². The maximum absolute atomic E-state index is 11.4. The van der Waals surface area contributed by atoms with Crippen LogP contribution >= 0.6 is 0 Å². The number of nitrogens with one attached hydrogen (secondary N) is 1. The minimum atomic E-state index is -0.560. The predicted molar refractivity (Wildman–Crippen MR) is 52.2 cm³/mol. The molecule has 6 nitrogen and oxygen atoms in total. The summed E-state index contributed by atoms with van der Waals surface area (Å²) in [5, 5.41) is 13.1. The molecule has 15 heavy (non-hydrogen) atoms. The van der Waals surface area contributed by atoms with E-state index in [-0.39, 0.29) is 23.3 Å². The summed E-state index contributed by atoms with van der Waals surface area (Å²) in [6.45, 7) is 0. The van der Waals surface area contributed by atoms with E-state index in [4.69, 9.17) is 0 Å². The number of amides is 1. The maximum atomic E-state index is 11.4. The lowest BCUT2D eigenvalue weighted by molar-refractivity contribution is -0.384. The van der Waals surface area contributed by atoms with Gasteiger partial charge in [-0.05, 0) is 18.9 Å². The lowest BCUT2D eigenvalue weighted by Crippen LogP contribution is -2.15. The summed E-state index contributed by atoms with van der Waals surface area (Å²) in [6, 6.07) is 2.78. The van der Waals surface area contributed by atoms with Crippen molar-refractivity contribution in [3.05, 3.63) is 28.4 Å². The molecule has 1 aliphatic rings. The van der Waals surface area contributed by atoms with Crippen molar-refractivity contribution in [2.45, 2.75) is 12.8 Å². The Morgan fingerprint density at radius 2 is 2.33 bits per heavy atom. The molecule has 6 heteroatoms. The first-order valence-corrected chi connectivity index (χ1v) is 4.59. The van der Waals surface area contributed by atoms with Crippen LogP contribution in [0.1, 0.15) is 12.8 Å². The normalized spacial score (nSPS) is 14.7. The van der Waals surface area contributed by atoms with Gasteiger partial charge in [-0.25, -0.2) is 4.98 Å². The number of hydrogen-bond donors (Lipinski definition) is 1. The highest BCUT2D eigenvalue weighted by Crippen LogP contribution is 2.31. The smallest absolute Gasteiger partial charge is 0.305 e. The number of carbonyl (C=O) groups is 1. The van der Waals surface area contributed by atoms with Crippen molar-refractivity contribution < 1.29 is 9.72 Å². The van der Waals surface area contributed by atoms with E-state index in [1.807, 2.05) is 0 Å². The molecule has 1 fully saturated rings. The Morgan fingerprint density at radius 1 is 1.60 bits per heavy atom. The van der Waals surface area contributed by atoms with Crippen LogP contribution < -0.4 is 5.32 Å². The maximum Gasteiger partial charge on any atom is 0.311 e. The van der Waals surface area contributed by atoms with E-state index >= 15 is 0 Å². The lowest BCUT2D eigenvalue weighted by atomic mass is 10.3. The summed E-state index contributed by atoms with van der Waals surface area (Å²) in [4.78, 5) is 25.2. The van der Waals surface area contributed by atoms with Crippen molar-refractivity contribution in [2.24, 2.45) is 5.92 Å². The van der Waals surface area contributed by atoms with Crippen LogP contribution in [0.3, 0.4) is 0 Å². The van der Waals surface area contributed by atoms with Crippen LogP contribution in [0, 0.1) is 16.0 Å². The zero-order chi connectivity index (χ0) is 10.8. The van der Waals surface area contributed by atoms with Gasteiger partial charge in [-0.2, -0.15) is 0 Å². The van der Waals surface area contributed by atoms with Gasteiger partial charge >= 0.3 is 5.69 Å². The molecule has 1 amide bonds. The number of aromatic nitrogens is 1. The molecule has 0 aliphatic heterocycles. The molecular formula is C9H9N3O3. The minimum Gasteiger partial charge on any atom is -0.305 e. The highest BCUT2D eigenvalue weighted by molar-refractivity contribution is 5.94. The van der Waals surface area contributed by atoms with E-state index in [1.54, 1.807) is 0 Å². The Morgan fingerprint density at radius 3 is 2.93 bits per heavy atom. The fourth-order valence-corrected chi connectivity index (χ4v) is 1.20. The number of hydrogen-bond acceptors (Lipinski definition) is 4. The second kappa shape index (κ2) is 3.64. The molecule has 1 aromatic rings. The van der Waals surface area contributed by atoms with Crippen LogP contribution in [-0.2, 0) is 4.79 Å². The van der Waals surface area contributed by atoms with Crippen LogP contribution in [0.4, 0.5) is 11.5 Å². The van der Waals surface area contributed by atoms with Gasteiger partial charge in [-0.3, -0.25) is 14.9 Å². The summed E-state index contributed by atoms with van der Waals surface area (Å²) in [5.41, 5.74) is -0.175. The van der Waals surface area contributed by atoms with Gasteiger partial charge in [0.15, 0.2) is 0 Å². The first-order chi connectivity index (χ1) is 7.18. The number of anilines is 1. The number of nitrogens with zero attached hydrogens (tertiary/aromatic N) is 2. The van der Waals surface area contributed by atoms with Crippen LogP contribution in [0.15, 0.2) is 18.3 Å². The fourth-order valence-electron chi connectivity index (χ4n) is 1.20. The largest absolute Gasteiger partial charge is 0.311 e. The third kappa shape index (κ3) is 2.09. The molecule has 1 aromatic heterocycles. The van der Waals surface area contributed by atoms with Gasteiger partial charge < -0.3 is 5.32 Å². The third-order valence-electron chi connectivity index (χ3n) is 2.17. The molecule has 78 valence electrons. The number of pyridine rings is 1. The molecule has 2 rings (SSSR count). The average Bonchev–Trinajstić information content (AvgIpc) is 3.01. The minimum absolute atomic E-state index is 0.00612. The Hall–Kier alpha value is -1.98. The van der Waals surface area contributed by atoms with Crippen molar-refractivity contribution in [3.8, 4) is 0 Å². The van der Waals surface area contributed by atoms with Crippen molar-refractivity contribution in [2.75, 3.05) is 5.32 Å². The lowest BCUT2D eigenvalue weighted by Gasteiger charge is -2.02. The highest BCUT2D eigenvalue weighted by Gasteiger charge is 2.31. The molecule has 0 radical (unpaired) electrons. The van der Waals surface area contributed by atoms with Gasteiger partial charge in [0.25, 0.3) is 0 Å². The molecular weight excluding hydrogens is 198 g/mol. The Bertz CT molecular complexity index is 415. The van der Waals surface area contributed by atoms with Crippen LogP contribution in [0.25, 0.3) is 0 Å². The van der Waals surface area contributed by atoms with E-state index in [9.17, 15) is 14.9 Å². The molecule has 0 unspecified atom stereocenters. The van der Waals surface area contributed by atoms with Crippen molar-refractivity contribution in [3.63, 3.8) is 0 Å². The molecule has 1 heterocycles. The zero-order valence-electron chi connectivity index (χ0n) is 7.84. The molecule has 0 saturated heterocycles. The van der Waals surface area contributed by atoms with Gasteiger partial charge in [-0.1, -0.05) is 0 Å². The molecule has 1 saturated carbocycles. The van der Waals surface area contributed by atoms with Crippen molar-refractivity contribution in [1.29, 1.82) is 0 Å². The predicted octanol–water partition coefficient (Wildman–Crippen LogP) is 1.34. The number of carbonyl (C=O) groups excluding carboxylic acids is 1. The zero-order valence-corrected chi connectivity index (χ0v) is 7.84. The number of nitro groups is 1. The SMILES string of the molecule is O=C(Nc1ncccc1[N+](=O)[O-])C1CC1. The van der Waals surface area contributed by atoms with Crippen LogP contribution in [0.5, 0.6) is 0 Å². The highest BCUT2D eigenvalue weighted by atomic mass is 16.6. The van der Waals surface area contributed by atoms with Crippen LogP contribution in [0.2, 0.25) is 0 Å². The third-order valence-corrected chi connectivity index (χ3v) is 2.17. The summed E-state index contributed by atoms with van der Waals surface area (Å²) in [7, 11) is 0. The summed E-state index contributed by atoms with van der Waals surface area (Å²) >= 11 is 0. The van der Waals surface area contributed by atoms with Crippen molar-refractivity contribution >= 4 is 17.4 Å². The van der Waals surface area contributed by atoms with Crippen molar-refractivity contribution in [1.82, 2.24) is 4.98 Å². The molecule has 0 spiro atoms. The van der Waals surface area contributed by atoms with E-state index < -0.39 is 4.92 Å². The summed E-state index contributed by atoms with van der Waals surface area (Å²) < 4.78 is 0. The first-order valence-electron chi connectivity index (χ1n) is 4.59. The molecule has 1 N–H and O–H groups in total. The Labute approximate surface area is 85.5 Å².